The van der Waals surface area contributed by atoms with Crippen molar-refractivity contribution in [3.05, 3.63) is 29.3 Å². The molecule has 1 unspecified atom stereocenters. The summed E-state index contributed by atoms with van der Waals surface area (Å²) in [6.45, 7) is 4.40. The molecule has 2 aliphatic rings. The fourth-order valence-electron chi connectivity index (χ4n) is 3.90. The van der Waals surface area contributed by atoms with Gasteiger partial charge in [0, 0.05) is 18.7 Å². The summed E-state index contributed by atoms with van der Waals surface area (Å²) >= 11 is 0. The third-order valence-corrected chi connectivity index (χ3v) is 5.65. The molecule has 1 aliphatic heterocycles. The van der Waals surface area contributed by atoms with Gasteiger partial charge >= 0.3 is 0 Å². The molecule has 1 N–H and O–H groups in total. The monoisotopic (exact) mass is 339 g/mol. The molecule has 25 heavy (non-hydrogen) atoms. The quantitative estimate of drug-likeness (QED) is 0.920. The highest BCUT2D eigenvalue weighted by molar-refractivity contribution is 6.01. The number of carbonyl (C=O) groups is 2. The summed E-state index contributed by atoms with van der Waals surface area (Å²) < 4.78 is 0. The minimum absolute atomic E-state index is 0.0245. The van der Waals surface area contributed by atoms with Gasteiger partial charge in [0.15, 0.2) is 0 Å². The summed E-state index contributed by atoms with van der Waals surface area (Å²) in [5, 5.41) is 12.5. The first-order valence-corrected chi connectivity index (χ1v) is 9.06. The van der Waals surface area contributed by atoms with Crippen molar-refractivity contribution in [1.29, 1.82) is 5.26 Å². The van der Waals surface area contributed by atoms with Gasteiger partial charge in [-0.3, -0.25) is 9.59 Å². The molecule has 0 radical (unpaired) electrons. The maximum atomic E-state index is 12.7. The molecule has 1 saturated heterocycles. The number of nitrogens with zero attached hydrogens (tertiary/aromatic N) is 2. The maximum absolute atomic E-state index is 12.7. The van der Waals surface area contributed by atoms with Gasteiger partial charge in [-0.15, -0.1) is 0 Å². The normalized spacial score (nSPS) is 22.5. The molecule has 1 aromatic carbocycles. The number of carbonyl (C=O) groups excluding carboxylic acids is 2. The zero-order valence-electron chi connectivity index (χ0n) is 15.0. The minimum Gasteiger partial charge on any atom is -0.338 e. The van der Waals surface area contributed by atoms with E-state index < -0.39 is 5.54 Å². The number of amides is 2. The first-order valence-electron chi connectivity index (χ1n) is 9.06. The second kappa shape index (κ2) is 6.87. The van der Waals surface area contributed by atoms with Crippen LogP contribution in [0.1, 0.15) is 49.7 Å². The summed E-state index contributed by atoms with van der Waals surface area (Å²) in [6.07, 6.45) is 4.66. The molecule has 2 amide bonds. The van der Waals surface area contributed by atoms with Gasteiger partial charge in [-0.05, 0) is 43.9 Å². The van der Waals surface area contributed by atoms with E-state index in [1.807, 2.05) is 32.0 Å². The van der Waals surface area contributed by atoms with Crippen molar-refractivity contribution in [3.63, 3.8) is 0 Å². The first-order chi connectivity index (χ1) is 12.0. The number of rotatable bonds is 3. The number of benzene rings is 1. The Hall–Kier alpha value is -2.35. The van der Waals surface area contributed by atoms with Crippen LogP contribution in [0.25, 0.3) is 0 Å². The standard InChI is InChI=1S/C20H25N3O2/c1-14-7-6-8-17(15(14)2)23-12-16(11-18(23)24)19(25)22-20(13-21)9-4-3-5-10-20/h6-8,16H,3-5,9-12H2,1-2H3,(H,22,25). The second-order valence-electron chi connectivity index (χ2n) is 7.37. The van der Waals surface area contributed by atoms with Crippen LogP contribution < -0.4 is 10.2 Å². The van der Waals surface area contributed by atoms with Crippen LogP contribution >= 0.6 is 0 Å². The summed E-state index contributed by atoms with van der Waals surface area (Å²) in [4.78, 5) is 26.9. The molecular formula is C20H25N3O2. The summed E-state index contributed by atoms with van der Waals surface area (Å²) in [5.41, 5.74) is 2.33. The Labute approximate surface area is 149 Å². The van der Waals surface area contributed by atoms with Crippen molar-refractivity contribution >= 4 is 17.5 Å². The minimum atomic E-state index is -0.745. The van der Waals surface area contributed by atoms with Crippen molar-refractivity contribution < 1.29 is 9.59 Å². The van der Waals surface area contributed by atoms with Gasteiger partial charge in [0.05, 0.1) is 12.0 Å². The molecule has 0 aromatic heterocycles. The van der Waals surface area contributed by atoms with Crippen LogP contribution in [0.5, 0.6) is 0 Å². The van der Waals surface area contributed by atoms with Crippen LogP contribution in [-0.4, -0.2) is 23.9 Å². The van der Waals surface area contributed by atoms with Crippen molar-refractivity contribution in [2.24, 2.45) is 5.92 Å². The van der Waals surface area contributed by atoms with E-state index in [-0.39, 0.29) is 24.2 Å². The largest absolute Gasteiger partial charge is 0.338 e. The number of anilines is 1. The van der Waals surface area contributed by atoms with Gasteiger partial charge in [0.1, 0.15) is 5.54 Å². The lowest BCUT2D eigenvalue weighted by Crippen LogP contribution is -2.51. The van der Waals surface area contributed by atoms with Gasteiger partial charge < -0.3 is 10.2 Å². The predicted molar refractivity (Wildman–Crippen MR) is 95.9 cm³/mol. The summed E-state index contributed by atoms with van der Waals surface area (Å²) in [5.74, 6) is -0.576. The number of hydrogen-bond donors (Lipinski definition) is 1. The Morgan fingerprint density at radius 3 is 2.68 bits per heavy atom. The van der Waals surface area contributed by atoms with Crippen LogP contribution in [0, 0.1) is 31.1 Å². The Kier molecular flexibility index (Phi) is 4.80. The first kappa shape index (κ1) is 17.5. The van der Waals surface area contributed by atoms with E-state index in [4.69, 9.17) is 0 Å². The average Bonchev–Trinajstić information content (AvgIpc) is 3.00. The zero-order valence-corrected chi connectivity index (χ0v) is 15.0. The zero-order chi connectivity index (χ0) is 18.0. The Bertz CT molecular complexity index is 729. The summed E-state index contributed by atoms with van der Waals surface area (Å²) in [6, 6.07) is 8.19. The van der Waals surface area contributed by atoms with E-state index in [2.05, 4.69) is 11.4 Å². The molecule has 132 valence electrons. The van der Waals surface area contributed by atoms with Gasteiger partial charge in [0.2, 0.25) is 11.8 Å². The van der Waals surface area contributed by atoms with Gasteiger partial charge in [-0.2, -0.15) is 5.26 Å². The summed E-state index contributed by atoms with van der Waals surface area (Å²) in [7, 11) is 0. The highest BCUT2D eigenvalue weighted by Gasteiger charge is 2.40. The van der Waals surface area contributed by atoms with E-state index in [0.717, 1.165) is 36.1 Å². The van der Waals surface area contributed by atoms with E-state index in [1.165, 1.54) is 0 Å². The highest BCUT2D eigenvalue weighted by atomic mass is 16.2. The molecular weight excluding hydrogens is 314 g/mol. The lowest BCUT2D eigenvalue weighted by Gasteiger charge is -2.32. The molecule has 0 bridgehead atoms. The Morgan fingerprint density at radius 1 is 1.28 bits per heavy atom. The van der Waals surface area contributed by atoms with Crippen LogP contribution in [0.2, 0.25) is 0 Å². The van der Waals surface area contributed by atoms with E-state index in [0.29, 0.717) is 19.4 Å². The van der Waals surface area contributed by atoms with Crippen molar-refractivity contribution in [1.82, 2.24) is 5.32 Å². The molecule has 5 heteroatoms. The number of nitrogens with one attached hydrogen (secondary N) is 1. The van der Waals surface area contributed by atoms with E-state index >= 15 is 0 Å². The van der Waals surface area contributed by atoms with Gasteiger partial charge in [0.25, 0.3) is 0 Å². The van der Waals surface area contributed by atoms with Crippen LogP contribution in [-0.2, 0) is 9.59 Å². The highest BCUT2D eigenvalue weighted by Crippen LogP contribution is 2.31. The molecule has 1 aromatic rings. The van der Waals surface area contributed by atoms with Crippen molar-refractivity contribution in [3.8, 4) is 6.07 Å². The van der Waals surface area contributed by atoms with Crippen LogP contribution in [0.4, 0.5) is 5.69 Å². The third-order valence-electron chi connectivity index (χ3n) is 5.65. The Balaban J connectivity index is 1.73. The molecule has 1 saturated carbocycles. The smallest absolute Gasteiger partial charge is 0.227 e. The SMILES string of the molecule is Cc1cccc(N2CC(C(=O)NC3(C#N)CCCCC3)CC2=O)c1C. The predicted octanol–water partition coefficient (Wildman–Crippen LogP) is 3.00. The lowest BCUT2D eigenvalue weighted by molar-refractivity contribution is -0.127. The number of hydrogen-bond acceptors (Lipinski definition) is 3. The van der Waals surface area contributed by atoms with Crippen molar-refractivity contribution in [2.75, 3.05) is 11.4 Å². The molecule has 1 aliphatic carbocycles. The molecule has 1 heterocycles. The molecule has 1 atom stereocenters. The average molecular weight is 339 g/mol. The van der Waals surface area contributed by atoms with Crippen molar-refractivity contribution in [2.45, 2.75) is 57.9 Å². The Morgan fingerprint density at radius 2 is 2.00 bits per heavy atom. The van der Waals surface area contributed by atoms with Gasteiger partial charge in [-0.1, -0.05) is 31.4 Å². The third kappa shape index (κ3) is 3.39. The topological polar surface area (TPSA) is 73.2 Å². The second-order valence-corrected chi connectivity index (χ2v) is 7.37. The van der Waals surface area contributed by atoms with Gasteiger partial charge in [-0.25, -0.2) is 0 Å². The maximum Gasteiger partial charge on any atom is 0.227 e. The lowest BCUT2D eigenvalue weighted by atomic mass is 9.82. The number of nitriles is 1. The van der Waals surface area contributed by atoms with Crippen LogP contribution in [0.15, 0.2) is 18.2 Å². The molecule has 5 nitrogen and oxygen atoms in total. The molecule has 0 spiro atoms. The molecule has 3 rings (SSSR count). The fourth-order valence-corrected chi connectivity index (χ4v) is 3.90. The number of aryl methyl sites for hydroxylation is 1. The fraction of sp³-hybridized carbons (Fsp3) is 0.550. The molecule has 2 fully saturated rings. The van der Waals surface area contributed by atoms with Crippen LogP contribution in [0.3, 0.4) is 0 Å². The van der Waals surface area contributed by atoms with E-state index in [9.17, 15) is 14.9 Å². The van der Waals surface area contributed by atoms with E-state index in [1.54, 1.807) is 4.90 Å².